The minimum Gasteiger partial charge on any atom is -0.489 e. The van der Waals surface area contributed by atoms with Gasteiger partial charge in [0.1, 0.15) is 17.9 Å². The van der Waals surface area contributed by atoms with Crippen LogP contribution in [0, 0.1) is 11.3 Å². The monoisotopic (exact) mass is 486 g/mol. The molecule has 0 aliphatic carbocycles. The van der Waals surface area contributed by atoms with Crippen LogP contribution in [0.3, 0.4) is 0 Å². The van der Waals surface area contributed by atoms with E-state index < -0.39 is 0 Å². The SMILES string of the molecule is COC1CN(C(C)c2ccc(Nc3nccc(-c4ccc(OC5CCOCC5)c(C#N)c4)n3)cn2)C1. The van der Waals surface area contributed by atoms with E-state index in [2.05, 4.69) is 38.2 Å². The van der Waals surface area contributed by atoms with Crippen LogP contribution in [0.1, 0.15) is 37.1 Å². The highest BCUT2D eigenvalue weighted by Crippen LogP contribution is 2.29. The fraction of sp³-hybridized carbons (Fsp3) is 0.407. The molecule has 1 aromatic carbocycles. The fourth-order valence-corrected chi connectivity index (χ4v) is 4.41. The maximum Gasteiger partial charge on any atom is 0.227 e. The first-order chi connectivity index (χ1) is 17.6. The highest BCUT2D eigenvalue weighted by molar-refractivity contribution is 5.65. The van der Waals surface area contributed by atoms with Gasteiger partial charge >= 0.3 is 0 Å². The van der Waals surface area contributed by atoms with Gasteiger partial charge < -0.3 is 19.5 Å². The molecule has 3 aromatic rings. The summed E-state index contributed by atoms with van der Waals surface area (Å²) >= 11 is 0. The van der Waals surface area contributed by atoms with Gasteiger partial charge in [0.15, 0.2) is 0 Å². The summed E-state index contributed by atoms with van der Waals surface area (Å²) in [5.74, 6) is 1.05. The number of hydrogen-bond donors (Lipinski definition) is 1. The quantitative estimate of drug-likeness (QED) is 0.504. The lowest BCUT2D eigenvalue weighted by Gasteiger charge is -2.41. The first kappa shape index (κ1) is 24.1. The number of pyridine rings is 1. The van der Waals surface area contributed by atoms with Crippen molar-refractivity contribution in [3.63, 3.8) is 0 Å². The summed E-state index contributed by atoms with van der Waals surface area (Å²) in [6.07, 6.45) is 5.54. The van der Waals surface area contributed by atoms with Gasteiger partial charge in [-0.2, -0.15) is 5.26 Å². The molecule has 5 rings (SSSR count). The standard InChI is InChI=1S/C27H30N6O3/c1-18(33-16-23(17-33)34-2)24-5-4-21(15-30-24)31-27-29-10-7-25(32-27)19-3-6-26(20(13-19)14-28)36-22-8-11-35-12-9-22/h3-7,10,13,15,18,22-23H,8-9,11-12,16-17H2,1-2H3,(H,29,31,32). The third-order valence-electron chi connectivity index (χ3n) is 6.74. The van der Waals surface area contributed by atoms with Gasteiger partial charge in [-0.15, -0.1) is 0 Å². The Kier molecular flexibility index (Phi) is 7.37. The number of anilines is 2. The Morgan fingerprint density at radius 2 is 1.94 bits per heavy atom. The Bertz CT molecular complexity index is 1220. The molecule has 0 spiro atoms. The zero-order valence-corrected chi connectivity index (χ0v) is 20.6. The number of aromatic nitrogens is 3. The first-order valence-electron chi connectivity index (χ1n) is 12.2. The van der Waals surface area contributed by atoms with E-state index in [-0.39, 0.29) is 12.1 Å². The Balaban J connectivity index is 1.26. The number of nitrogens with one attached hydrogen (secondary N) is 1. The van der Waals surface area contributed by atoms with Gasteiger partial charge in [0.2, 0.25) is 5.95 Å². The summed E-state index contributed by atoms with van der Waals surface area (Å²) in [5.41, 5.74) is 3.84. The molecule has 0 bridgehead atoms. The van der Waals surface area contributed by atoms with Crippen molar-refractivity contribution in [2.75, 3.05) is 38.7 Å². The van der Waals surface area contributed by atoms with E-state index in [9.17, 15) is 5.26 Å². The predicted octanol–water partition coefficient (Wildman–Crippen LogP) is 4.10. The highest BCUT2D eigenvalue weighted by Gasteiger charge is 2.31. The summed E-state index contributed by atoms with van der Waals surface area (Å²) in [5, 5.41) is 12.9. The van der Waals surface area contributed by atoms with Crippen molar-refractivity contribution in [2.24, 2.45) is 0 Å². The van der Waals surface area contributed by atoms with Gasteiger partial charge in [0, 0.05) is 50.8 Å². The maximum absolute atomic E-state index is 9.69. The van der Waals surface area contributed by atoms with Crippen molar-refractivity contribution >= 4 is 11.6 Å². The van der Waals surface area contributed by atoms with E-state index in [1.165, 1.54) is 0 Å². The van der Waals surface area contributed by atoms with Gasteiger partial charge in [-0.1, -0.05) is 0 Å². The molecule has 1 unspecified atom stereocenters. The van der Waals surface area contributed by atoms with Crippen molar-refractivity contribution in [1.82, 2.24) is 19.9 Å². The molecule has 2 aliphatic rings. The van der Waals surface area contributed by atoms with Gasteiger partial charge in [-0.3, -0.25) is 9.88 Å². The number of methoxy groups -OCH3 is 1. The average molecular weight is 487 g/mol. The first-order valence-corrected chi connectivity index (χ1v) is 12.2. The third-order valence-corrected chi connectivity index (χ3v) is 6.74. The number of nitriles is 1. The lowest BCUT2D eigenvalue weighted by atomic mass is 10.1. The van der Waals surface area contributed by atoms with Crippen LogP contribution in [-0.2, 0) is 9.47 Å². The number of likely N-dealkylation sites (tertiary alicyclic amines) is 1. The molecule has 1 N–H and O–H groups in total. The van der Waals surface area contributed by atoms with Crippen LogP contribution in [0.5, 0.6) is 5.75 Å². The summed E-state index contributed by atoms with van der Waals surface area (Å²) in [4.78, 5) is 16.0. The summed E-state index contributed by atoms with van der Waals surface area (Å²) in [7, 11) is 1.75. The molecule has 0 radical (unpaired) electrons. The minimum absolute atomic E-state index is 0.0720. The molecule has 9 heteroatoms. The molecule has 2 aliphatic heterocycles. The second kappa shape index (κ2) is 11.0. The predicted molar refractivity (Wildman–Crippen MR) is 135 cm³/mol. The van der Waals surface area contributed by atoms with E-state index in [0.717, 1.165) is 42.9 Å². The van der Waals surface area contributed by atoms with Gasteiger partial charge in [-0.25, -0.2) is 9.97 Å². The largest absolute Gasteiger partial charge is 0.489 e. The second-order valence-corrected chi connectivity index (χ2v) is 9.10. The van der Waals surface area contributed by atoms with Crippen molar-refractivity contribution in [2.45, 2.75) is 38.0 Å². The molecule has 2 aromatic heterocycles. The highest BCUT2D eigenvalue weighted by atomic mass is 16.5. The van der Waals surface area contributed by atoms with Gasteiger partial charge in [0.05, 0.1) is 48.2 Å². The van der Waals surface area contributed by atoms with Crippen LogP contribution in [0.2, 0.25) is 0 Å². The van der Waals surface area contributed by atoms with Gasteiger partial charge in [0.25, 0.3) is 0 Å². The molecule has 36 heavy (non-hydrogen) atoms. The average Bonchev–Trinajstić information content (AvgIpc) is 2.89. The molecule has 2 fully saturated rings. The second-order valence-electron chi connectivity index (χ2n) is 9.10. The Morgan fingerprint density at radius 3 is 2.67 bits per heavy atom. The normalized spacial score (nSPS) is 17.7. The van der Waals surface area contributed by atoms with Crippen LogP contribution < -0.4 is 10.1 Å². The number of nitrogens with zero attached hydrogens (tertiary/aromatic N) is 5. The molecular weight excluding hydrogens is 456 g/mol. The fourth-order valence-electron chi connectivity index (χ4n) is 4.41. The number of rotatable bonds is 8. The minimum atomic E-state index is 0.0720. The van der Waals surface area contributed by atoms with E-state index in [1.807, 2.05) is 36.4 Å². The molecule has 4 heterocycles. The Labute approximate surface area is 211 Å². The number of hydrogen-bond acceptors (Lipinski definition) is 9. The lowest BCUT2D eigenvalue weighted by molar-refractivity contribution is -0.0486. The third kappa shape index (κ3) is 5.46. The van der Waals surface area contributed by atoms with Crippen LogP contribution in [-0.4, -0.2) is 65.5 Å². The Morgan fingerprint density at radius 1 is 1.11 bits per heavy atom. The van der Waals surface area contributed by atoms with Crippen LogP contribution >= 0.6 is 0 Å². The van der Waals surface area contributed by atoms with Crippen molar-refractivity contribution < 1.29 is 14.2 Å². The van der Waals surface area contributed by atoms with Crippen molar-refractivity contribution in [1.29, 1.82) is 5.26 Å². The number of benzene rings is 1. The van der Waals surface area contributed by atoms with E-state index >= 15 is 0 Å². The van der Waals surface area contributed by atoms with Crippen molar-refractivity contribution in [3.8, 4) is 23.1 Å². The summed E-state index contributed by atoms with van der Waals surface area (Å²) in [6.45, 7) is 5.38. The van der Waals surface area contributed by atoms with Crippen LogP contribution in [0.15, 0.2) is 48.8 Å². The maximum atomic E-state index is 9.69. The van der Waals surface area contributed by atoms with E-state index in [4.69, 9.17) is 14.2 Å². The van der Waals surface area contributed by atoms with E-state index in [1.54, 1.807) is 19.5 Å². The molecule has 186 valence electrons. The van der Waals surface area contributed by atoms with E-state index in [0.29, 0.717) is 42.3 Å². The molecule has 0 amide bonds. The summed E-state index contributed by atoms with van der Waals surface area (Å²) in [6, 6.07) is 13.9. The van der Waals surface area contributed by atoms with Crippen LogP contribution in [0.25, 0.3) is 11.3 Å². The molecule has 9 nitrogen and oxygen atoms in total. The Hall–Kier alpha value is -3.58. The molecule has 0 saturated carbocycles. The van der Waals surface area contributed by atoms with Gasteiger partial charge in [-0.05, 0) is 43.3 Å². The molecule has 1 atom stereocenters. The zero-order chi connectivity index (χ0) is 24.9. The zero-order valence-electron chi connectivity index (χ0n) is 20.6. The van der Waals surface area contributed by atoms with Crippen molar-refractivity contribution in [3.05, 3.63) is 60.0 Å². The van der Waals surface area contributed by atoms with Crippen LogP contribution in [0.4, 0.5) is 11.6 Å². The molecular formula is C27H30N6O3. The summed E-state index contributed by atoms with van der Waals surface area (Å²) < 4.78 is 16.8. The lowest BCUT2D eigenvalue weighted by Crippen LogP contribution is -2.52. The number of ether oxygens (including phenoxy) is 3. The topological polar surface area (TPSA) is 105 Å². The smallest absolute Gasteiger partial charge is 0.227 e. The molecule has 2 saturated heterocycles.